The van der Waals surface area contributed by atoms with Crippen LogP contribution in [-0.4, -0.2) is 32.2 Å². The van der Waals surface area contributed by atoms with Crippen molar-refractivity contribution in [1.82, 2.24) is 25.5 Å². The first-order valence-corrected chi connectivity index (χ1v) is 8.39. The number of nitrogens with one attached hydrogen (secondary N) is 1. The molecule has 0 bridgehead atoms. The van der Waals surface area contributed by atoms with Crippen molar-refractivity contribution in [1.29, 1.82) is 0 Å². The minimum Gasteiger partial charge on any atom is -0.351 e. The zero-order valence-corrected chi connectivity index (χ0v) is 13.1. The van der Waals surface area contributed by atoms with Crippen molar-refractivity contribution in [3.05, 3.63) is 41.7 Å². The Hall–Kier alpha value is -2.24. The lowest BCUT2D eigenvalue weighted by molar-refractivity contribution is -0.133. The van der Waals surface area contributed by atoms with E-state index in [1.807, 2.05) is 0 Å². The van der Waals surface area contributed by atoms with Crippen molar-refractivity contribution in [3.8, 4) is 0 Å². The van der Waals surface area contributed by atoms with Crippen LogP contribution in [0, 0.1) is 0 Å². The van der Waals surface area contributed by atoms with E-state index in [1.54, 1.807) is 11.0 Å². The van der Waals surface area contributed by atoms with Gasteiger partial charge in [-0.25, -0.2) is 4.68 Å². The largest absolute Gasteiger partial charge is 0.351 e. The Labute approximate surface area is 135 Å². The molecular weight excluding hydrogens is 290 g/mol. The molecule has 0 spiro atoms. The average Bonchev–Trinajstić information content (AvgIpc) is 3.24. The molecule has 1 aromatic heterocycles. The third kappa shape index (κ3) is 2.52. The first-order valence-electron chi connectivity index (χ1n) is 8.39. The highest BCUT2D eigenvalue weighted by atomic mass is 16.2. The van der Waals surface area contributed by atoms with Crippen molar-refractivity contribution in [3.63, 3.8) is 0 Å². The summed E-state index contributed by atoms with van der Waals surface area (Å²) in [5.41, 5.74) is 2.08. The molecule has 0 unspecified atom stereocenters. The molecule has 6 nitrogen and oxygen atoms in total. The topological polar surface area (TPSA) is 72.7 Å². The highest BCUT2D eigenvalue weighted by Crippen LogP contribution is 2.35. The summed E-state index contributed by atoms with van der Waals surface area (Å²) in [4.78, 5) is 13.1. The van der Waals surface area contributed by atoms with Crippen LogP contribution in [-0.2, 0) is 23.2 Å². The van der Waals surface area contributed by atoms with Gasteiger partial charge in [-0.15, -0.1) is 5.10 Å². The lowest BCUT2D eigenvalue weighted by atomic mass is 9.81. The molecule has 1 heterocycles. The van der Waals surface area contributed by atoms with E-state index in [0.29, 0.717) is 0 Å². The fourth-order valence-corrected chi connectivity index (χ4v) is 4.03. The Balaban J connectivity index is 1.53. The third-order valence-corrected chi connectivity index (χ3v) is 5.28. The average molecular weight is 311 g/mol. The van der Waals surface area contributed by atoms with E-state index >= 15 is 0 Å². The summed E-state index contributed by atoms with van der Waals surface area (Å²) in [5, 5.41) is 14.8. The van der Waals surface area contributed by atoms with Crippen LogP contribution in [0.5, 0.6) is 0 Å². The van der Waals surface area contributed by atoms with Crippen molar-refractivity contribution >= 4 is 5.91 Å². The number of carbonyl (C=O) groups is 1. The number of aromatic nitrogens is 4. The van der Waals surface area contributed by atoms with Gasteiger partial charge in [0, 0.05) is 6.04 Å². The molecule has 120 valence electrons. The lowest BCUT2D eigenvalue weighted by Gasteiger charge is -2.36. The minimum atomic E-state index is -0.615. The van der Waals surface area contributed by atoms with Gasteiger partial charge in [-0.3, -0.25) is 4.79 Å². The number of rotatable bonds is 3. The predicted octanol–water partition coefficient (Wildman–Crippen LogP) is 1.62. The highest BCUT2D eigenvalue weighted by Gasteiger charge is 2.43. The molecule has 6 heteroatoms. The van der Waals surface area contributed by atoms with Gasteiger partial charge >= 0.3 is 0 Å². The predicted molar refractivity (Wildman–Crippen MR) is 84.7 cm³/mol. The zero-order valence-electron chi connectivity index (χ0n) is 13.1. The maximum absolute atomic E-state index is 13.1. The van der Waals surface area contributed by atoms with E-state index in [-0.39, 0.29) is 11.9 Å². The van der Waals surface area contributed by atoms with Gasteiger partial charge in [-0.05, 0) is 47.2 Å². The summed E-state index contributed by atoms with van der Waals surface area (Å²) in [6.07, 6.45) is 8.27. The van der Waals surface area contributed by atoms with Crippen LogP contribution >= 0.6 is 0 Å². The second kappa shape index (κ2) is 5.76. The van der Waals surface area contributed by atoms with Crippen LogP contribution in [0.25, 0.3) is 0 Å². The number of hydrogen-bond acceptors (Lipinski definition) is 4. The van der Waals surface area contributed by atoms with E-state index < -0.39 is 5.54 Å². The summed E-state index contributed by atoms with van der Waals surface area (Å²) in [7, 11) is 0. The molecule has 2 aromatic rings. The van der Waals surface area contributed by atoms with Crippen LogP contribution in [0.1, 0.15) is 43.2 Å². The summed E-state index contributed by atoms with van der Waals surface area (Å²) in [5.74, 6) is 0.0716. The summed E-state index contributed by atoms with van der Waals surface area (Å²) >= 11 is 0. The van der Waals surface area contributed by atoms with Gasteiger partial charge in [0.15, 0.2) is 0 Å². The molecule has 0 aliphatic heterocycles. The van der Waals surface area contributed by atoms with Crippen LogP contribution in [0.2, 0.25) is 0 Å². The summed E-state index contributed by atoms with van der Waals surface area (Å²) < 4.78 is 1.67. The van der Waals surface area contributed by atoms with Gasteiger partial charge in [-0.2, -0.15) is 0 Å². The van der Waals surface area contributed by atoms with E-state index in [2.05, 4.69) is 45.1 Å². The number of amides is 1. The number of tetrazole rings is 1. The molecule has 0 radical (unpaired) electrons. The molecule has 2 aliphatic rings. The Bertz CT molecular complexity index is 666. The van der Waals surface area contributed by atoms with E-state index in [1.165, 1.54) is 17.5 Å². The second-order valence-electron chi connectivity index (χ2n) is 6.69. The highest BCUT2D eigenvalue weighted by molar-refractivity contribution is 5.84. The van der Waals surface area contributed by atoms with E-state index in [4.69, 9.17) is 0 Å². The molecule has 0 saturated heterocycles. The normalized spacial score (nSPS) is 20.2. The molecule has 1 fully saturated rings. The van der Waals surface area contributed by atoms with Crippen LogP contribution in [0.4, 0.5) is 0 Å². The number of benzene rings is 1. The Morgan fingerprint density at radius 3 is 2.43 bits per heavy atom. The van der Waals surface area contributed by atoms with Crippen molar-refractivity contribution in [2.75, 3.05) is 0 Å². The van der Waals surface area contributed by atoms with Gasteiger partial charge in [0.25, 0.3) is 0 Å². The van der Waals surface area contributed by atoms with Crippen LogP contribution in [0.15, 0.2) is 30.6 Å². The minimum absolute atomic E-state index is 0.0716. The van der Waals surface area contributed by atoms with Gasteiger partial charge in [-0.1, -0.05) is 43.5 Å². The maximum atomic E-state index is 13.1. The molecular formula is C17H21N5O. The number of carbonyl (C=O) groups excluding carboxylic acids is 1. The quantitative estimate of drug-likeness (QED) is 0.935. The van der Waals surface area contributed by atoms with Crippen LogP contribution in [0.3, 0.4) is 0 Å². The van der Waals surface area contributed by atoms with E-state index in [0.717, 1.165) is 38.5 Å². The smallest absolute Gasteiger partial charge is 0.248 e. The standard InChI is InChI=1S/C17H21N5O/c23-16(19-15-10-13-6-2-3-7-14(13)11-15)17(8-4-1-5-9-17)22-12-18-20-21-22/h2-3,6-7,12,15H,1,4-5,8-11H2,(H,19,23). The molecule has 4 rings (SSSR count). The monoisotopic (exact) mass is 311 g/mol. The summed E-state index contributed by atoms with van der Waals surface area (Å²) in [6, 6.07) is 8.60. The fourth-order valence-electron chi connectivity index (χ4n) is 4.03. The zero-order chi connectivity index (χ0) is 15.7. The van der Waals surface area contributed by atoms with Crippen LogP contribution < -0.4 is 5.32 Å². The Kier molecular flexibility index (Phi) is 3.59. The fraction of sp³-hybridized carbons (Fsp3) is 0.529. The van der Waals surface area contributed by atoms with Gasteiger partial charge in [0.2, 0.25) is 5.91 Å². The van der Waals surface area contributed by atoms with E-state index in [9.17, 15) is 4.79 Å². The molecule has 2 aliphatic carbocycles. The van der Waals surface area contributed by atoms with Gasteiger partial charge in [0.05, 0.1) is 0 Å². The van der Waals surface area contributed by atoms with Crippen molar-refractivity contribution in [2.45, 2.75) is 56.5 Å². The second-order valence-corrected chi connectivity index (χ2v) is 6.69. The number of fused-ring (bicyclic) bond motifs is 1. The third-order valence-electron chi connectivity index (χ3n) is 5.28. The SMILES string of the molecule is O=C(NC1Cc2ccccc2C1)C1(n2cnnn2)CCCCC1. The number of hydrogen-bond donors (Lipinski definition) is 1. The Morgan fingerprint density at radius 2 is 1.83 bits per heavy atom. The van der Waals surface area contributed by atoms with Gasteiger partial charge in [0.1, 0.15) is 11.9 Å². The molecule has 23 heavy (non-hydrogen) atoms. The molecule has 1 saturated carbocycles. The molecule has 1 N–H and O–H groups in total. The molecule has 1 aromatic carbocycles. The van der Waals surface area contributed by atoms with Gasteiger partial charge < -0.3 is 5.32 Å². The van der Waals surface area contributed by atoms with Crippen molar-refractivity contribution < 1.29 is 4.79 Å². The first-order chi connectivity index (χ1) is 11.3. The van der Waals surface area contributed by atoms with Crippen molar-refractivity contribution in [2.24, 2.45) is 0 Å². The molecule has 0 atom stereocenters. The lowest BCUT2D eigenvalue weighted by Crippen LogP contribution is -2.53. The molecule has 1 amide bonds. The Morgan fingerprint density at radius 1 is 1.13 bits per heavy atom. The maximum Gasteiger partial charge on any atom is 0.248 e. The number of nitrogens with zero attached hydrogens (tertiary/aromatic N) is 4. The first kappa shape index (κ1) is 14.4. The summed E-state index contributed by atoms with van der Waals surface area (Å²) in [6.45, 7) is 0.